The molecule has 1 aromatic rings. The van der Waals surface area contributed by atoms with Crippen molar-refractivity contribution in [2.75, 3.05) is 24.6 Å². The molecule has 2 rings (SSSR count). The van der Waals surface area contributed by atoms with E-state index < -0.39 is 17.7 Å². The highest BCUT2D eigenvalue weighted by atomic mass is 19.1. The molecule has 0 radical (unpaired) electrons. The number of rotatable bonds is 2. The van der Waals surface area contributed by atoms with E-state index in [-0.39, 0.29) is 18.2 Å². The molecule has 0 aliphatic carbocycles. The predicted octanol–water partition coefficient (Wildman–Crippen LogP) is 0.501. The summed E-state index contributed by atoms with van der Waals surface area (Å²) in [5, 5.41) is 7.28. The molecule has 92 valence electrons. The van der Waals surface area contributed by atoms with Gasteiger partial charge in [-0.3, -0.25) is 5.41 Å². The fourth-order valence-corrected chi connectivity index (χ4v) is 1.67. The van der Waals surface area contributed by atoms with Crippen molar-refractivity contribution in [3.05, 3.63) is 23.9 Å². The van der Waals surface area contributed by atoms with Crippen LogP contribution in [0, 0.1) is 17.0 Å². The first kappa shape index (κ1) is 11.7. The number of nitrogens with two attached hydrogens (primary N) is 1. The molecule has 5 nitrogen and oxygen atoms in total. The minimum absolute atomic E-state index is 0.0564. The van der Waals surface area contributed by atoms with Crippen molar-refractivity contribution in [1.29, 1.82) is 5.41 Å². The van der Waals surface area contributed by atoms with Gasteiger partial charge in [0.2, 0.25) is 0 Å². The SMILES string of the molecule is N=C(N)C1CN(c2ncc(F)cc2F)CCO1. The van der Waals surface area contributed by atoms with Gasteiger partial charge in [0.05, 0.1) is 19.3 Å². The monoisotopic (exact) mass is 242 g/mol. The van der Waals surface area contributed by atoms with Crippen molar-refractivity contribution in [2.45, 2.75) is 6.10 Å². The largest absolute Gasteiger partial charge is 0.385 e. The van der Waals surface area contributed by atoms with Crippen molar-refractivity contribution < 1.29 is 13.5 Å². The highest BCUT2D eigenvalue weighted by Gasteiger charge is 2.25. The minimum Gasteiger partial charge on any atom is -0.385 e. The zero-order chi connectivity index (χ0) is 12.4. The van der Waals surface area contributed by atoms with E-state index in [1.54, 1.807) is 4.90 Å². The summed E-state index contributed by atoms with van der Waals surface area (Å²) < 4.78 is 31.5. The van der Waals surface area contributed by atoms with Gasteiger partial charge in [-0.05, 0) is 0 Å². The van der Waals surface area contributed by atoms with Crippen molar-refractivity contribution >= 4 is 11.7 Å². The summed E-state index contributed by atoms with van der Waals surface area (Å²) in [6, 6.07) is 0.778. The maximum absolute atomic E-state index is 13.5. The van der Waals surface area contributed by atoms with Gasteiger partial charge in [0.25, 0.3) is 0 Å². The maximum atomic E-state index is 13.5. The molecule has 1 aromatic heterocycles. The predicted molar refractivity (Wildman–Crippen MR) is 58.0 cm³/mol. The Kier molecular flexibility index (Phi) is 3.19. The lowest BCUT2D eigenvalue weighted by atomic mass is 10.2. The molecule has 1 fully saturated rings. The standard InChI is InChI=1S/C10H12F2N4O/c11-6-3-7(12)10(15-4-6)16-1-2-17-8(5-16)9(13)14/h3-4,8H,1-2,5H2,(H3,13,14). The Balaban J connectivity index is 2.19. The number of hydrogen-bond acceptors (Lipinski definition) is 4. The van der Waals surface area contributed by atoms with Crippen LogP contribution in [0.4, 0.5) is 14.6 Å². The third kappa shape index (κ3) is 2.50. The molecule has 3 N–H and O–H groups in total. The number of aromatic nitrogens is 1. The van der Waals surface area contributed by atoms with Crippen LogP contribution in [-0.2, 0) is 4.74 Å². The molecule has 1 unspecified atom stereocenters. The first-order chi connectivity index (χ1) is 8.08. The van der Waals surface area contributed by atoms with Crippen LogP contribution in [0.25, 0.3) is 0 Å². The maximum Gasteiger partial charge on any atom is 0.168 e. The highest BCUT2D eigenvalue weighted by molar-refractivity contribution is 5.82. The van der Waals surface area contributed by atoms with Crippen LogP contribution in [0.2, 0.25) is 0 Å². The summed E-state index contributed by atoms with van der Waals surface area (Å²) in [6.45, 7) is 0.993. The Morgan fingerprint density at radius 3 is 3.00 bits per heavy atom. The van der Waals surface area contributed by atoms with Gasteiger partial charge in [-0.1, -0.05) is 0 Å². The molecule has 0 aromatic carbocycles. The number of ether oxygens (including phenoxy) is 1. The lowest BCUT2D eigenvalue weighted by molar-refractivity contribution is 0.0820. The molecule has 1 aliphatic heterocycles. The summed E-state index contributed by atoms with van der Waals surface area (Å²) in [7, 11) is 0. The number of pyridine rings is 1. The fourth-order valence-electron chi connectivity index (χ4n) is 1.67. The molecule has 1 aliphatic rings. The van der Waals surface area contributed by atoms with E-state index in [1.807, 2.05) is 0 Å². The molecule has 1 saturated heterocycles. The van der Waals surface area contributed by atoms with Crippen LogP contribution in [0.3, 0.4) is 0 Å². The van der Waals surface area contributed by atoms with E-state index in [0.717, 1.165) is 12.3 Å². The van der Waals surface area contributed by atoms with Gasteiger partial charge in [0.15, 0.2) is 11.6 Å². The Morgan fingerprint density at radius 2 is 2.35 bits per heavy atom. The second-order valence-electron chi connectivity index (χ2n) is 3.72. The van der Waals surface area contributed by atoms with E-state index in [4.69, 9.17) is 15.9 Å². The summed E-state index contributed by atoms with van der Waals surface area (Å²) in [5.41, 5.74) is 5.33. The Bertz CT molecular complexity index is 440. The van der Waals surface area contributed by atoms with Crippen LogP contribution in [0.15, 0.2) is 12.3 Å². The third-order valence-electron chi connectivity index (χ3n) is 2.50. The van der Waals surface area contributed by atoms with Gasteiger partial charge in [0, 0.05) is 12.6 Å². The van der Waals surface area contributed by atoms with Crippen LogP contribution in [-0.4, -0.2) is 36.6 Å². The zero-order valence-corrected chi connectivity index (χ0v) is 8.99. The normalized spacial score (nSPS) is 20.4. The van der Waals surface area contributed by atoms with E-state index in [0.29, 0.717) is 13.2 Å². The quantitative estimate of drug-likeness (QED) is 0.585. The van der Waals surface area contributed by atoms with Gasteiger partial charge in [-0.25, -0.2) is 13.8 Å². The molecule has 0 bridgehead atoms. The van der Waals surface area contributed by atoms with E-state index in [9.17, 15) is 8.78 Å². The molecule has 0 amide bonds. The Hall–Kier alpha value is -1.76. The van der Waals surface area contributed by atoms with Crippen molar-refractivity contribution in [3.63, 3.8) is 0 Å². The smallest absolute Gasteiger partial charge is 0.168 e. The molecule has 0 spiro atoms. The first-order valence-corrected chi connectivity index (χ1v) is 5.09. The second-order valence-corrected chi connectivity index (χ2v) is 3.72. The highest BCUT2D eigenvalue weighted by Crippen LogP contribution is 2.19. The van der Waals surface area contributed by atoms with Gasteiger partial charge >= 0.3 is 0 Å². The summed E-state index contributed by atoms with van der Waals surface area (Å²) in [5.74, 6) is -1.50. The topological polar surface area (TPSA) is 75.2 Å². The zero-order valence-electron chi connectivity index (χ0n) is 8.99. The number of halogens is 2. The molecular formula is C10H12F2N4O. The van der Waals surface area contributed by atoms with Gasteiger partial charge < -0.3 is 15.4 Å². The number of nitrogens with zero attached hydrogens (tertiary/aromatic N) is 2. The second kappa shape index (κ2) is 4.62. The Morgan fingerprint density at radius 1 is 1.59 bits per heavy atom. The van der Waals surface area contributed by atoms with Crippen LogP contribution >= 0.6 is 0 Å². The lowest BCUT2D eigenvalue weighted by Gasteiger charge is -2.33. The van der Waals surface area contributed by atoms with E-state index in [2.05, 4.69) is 4.98 Å². The van der Waals surface area contributed by atoms with E-state index in [1.165, 1.54) is 0 Å². The summed E-state index contributed by atoms with van der Waals surface area (Å²) in [6.07, 6.45) is 0.381. The van der Waals surface area contributed by atoms with Crippen molar-refractivity contribution in [2.24, 2.45) is 5.73 Å². The van der Waals surface area contributed by atoms with Gasteiger partial charge in [0.1, 0.15) is 17.8 Å². The average molecular weight is 242 g/mol. The fraction of sp³-hybridized carbons (Fsp3) is 0.400. The molecule has 17 heavy (non-hydrogen) atoms. The van der Waals surface area contributed by atoms with Gasteiger partial charge in [-0.2, -0.15) is 0 Å². The average Bonchev–Trinajstić information content (AvgIpc) is 2.29. The summed E-state index contributed by atoms with van der Waals surface area (Å²) >= 11 is 0. The number of hydrogen-bond donors (Lipinski definition) is 2. The molecule has 7 heteroatoms. The van der Waals surface area contributed by atoms with Gasteiger partial charge in [-0.15, -0.1) is 0 Å². The van der Waals surface area contributed by atoms with Crippen LogP contribution in [0.1, 0.15) is 0 Å². The lowest BCUT2D eigenvalue weighted by Crippen LogP contribution is -2.48. The third-order valence-corrected chi connectivity index (χ3v) is 2.50. The van der Waals surface area contributed by atoms with Crippen LogP contribution < -0.4 is 10.6 Å². The molecule has 1 atom stereocenters. The molecular weight excluding hydrogens is 230 g/mol. The van der Waals surface area contributed by atoms with E-state index >= 15 is 0 Å². The van der Waals surface area contributed by atoms with Crippen molar-refractivity contribution in [3.8, 4) is 0 Å². The van der Waals surface area contributed by atoms with Crippen LogP contribution in [0.5, 0.6) is 0 Å². The van der Waals surface area contributed by atoms with Crippen molar-refractivity contribution in [1.82, 2.24) is 4.98 Å². The number of nitrogens with one attached hydrogen (secondary N) is 1. The molecule has 0 saturated carbocycles. The number of anilines is 1. The number of amidine groups is 1. The summed E-state index contributed by atoms with van der Waals surface area (Å²) in [4.78, 5) is 5.29. The number of morpholine rings is 1. The Labute approximate surface area is 96.7 Å². The molecule has 2 heterocycles. The minimum atomic E-state index is -0.728. The first-order valence-electron chi connectivity index (χ1n) is 5.09.